The molecule has 9 heteroatoms. The quantitative estimate of drug-likeness (QED) is 0.574. The van der Waals surface area contributed by atoms with Crippen LogP contribution in [0.5, 0.6) is 0 Å². The Bertz CT molecular complexity index is 752. The van der Waals surface area contributed by atoms with Crippen molar-refractivity contribution in [3.63, 3.8) is 0 Å². The van der Waals surface area contributed by atoms with Crippen LogP contribution in [0.15, 0.2) is 30.3 Å². The van der Waals surface area contributed by atoms with Crippen LogP contribution in [0.4, 0.5) is 0 Å². The molecule has 0 saturated carbocycles. The third-order valence-corrected chi connectivity index (χ3v) is 5.95. The third kappa shape index (κ3) is 9.61. The van der Waals surface area contributed by atoms with Gasteiger partial charge in [-0.05, 0) is 43.6 Å². The number of hydrogen-bond acceptors (Lipinski definition) is 5. The zero-order valence-corrected chi connectivity index (χ0v) is 19.0. The second kappa shape index (κ2) is 15.0. The maximum Gasteiger partial charge on any atom is 0.290 e. The number of nitrogens with one attached hydrogen (secondary N) is 2. The van der Waals surface area contributed by atoms with Crippen molar-refractivity contribution < 1.29 is 29.0 Å². The third-order valence-electron chi connectivity index (χ3n) is 5.95. The summed E-state index contributed by atoms with van der Waals surface area (Å²) >= 11 is 0. The van der Waals surface area contributed by atoms with Crippen LogP contribution in [-0.4, -0.2) is 73.6 Å². The first-order valence-corrected chi connectivity index (χ1v) is 11.6. The molecule has 3 rings (SSSR count). The van der Waals surface area contributed by atoms with Crippen LogP contribution in [0.25, 0.3) is 0 Å². The number of benzene rings is 1. The number of carbonyl (C=O) groups excluding carboxylic acids is 3. The highest BCUT2D eigenvalue weighted by Gasteiger charge is 2.27. The molecule has 2 heterocycles. The summed E-state index contributed by atoms with van der Waals surface area (Å²) in [5, 5.41) is 12.8. The average Bonchev–Trinajstić information content (AvgIpc) is 2.84. The van der Waals surface area contributed by atoms with E-state index in [4.69, 9.17) is 14.6 Å². The molecule has 0 bridgehead atoms. The van der Waals surface area contributed by atoms with Crippen LogP contribution in [0.3, 0.4) is 0 Å². The number of nitrogens with zero attached hydrogens (tertiary/aromatic N) is 1. The summed E-state index contributed by atoms with van der Waals surface area (Å²) in [5.74, 6) is 0.0688. The van der Waals surface area contributed by atoms with Gasteiger partial charge < -0.3 is 25.4 Å². The first-order chi connectivity index (χ1) is 16.0. The lowest BCUT2D eigenvalue weighted by atomic mass is 9.91. The summed E-state index contributed by atoms with van der Waals surface area (Å²) in [7, 11) is 0. The fourth-order valence-corrected chi connectivity index (χ4v) is 4.18. The average molecular weight is 462 g/mol. The molecule has 3 amide bonds. The van der Waals surface area contributed by atoms with E-state index in [1.807, 2.05) is 18.2 Å². The molecule has 1 unspecified atom stereocenters. The number of amides is 3. The molecular formula is C24H35N3O6. The molecule has 0 spiro atoms. The van der Waals surface area contributed by atoms with Crippen LogP contribution < -0.4 is 10.6 Å². The van der Waals surface area contributed by atoms with Crippen LogP contribution in [0.2, 0.25) is 0 Å². The predicted molar refractivity (Wildman–Crippen MR) is 122 cm³/mol. The Morgan fingerprint density at radius 2 is 1.67 bits per heavy atom. The van der Waals surface area contributed by atoms with Gasteiger partial charge in [0.15, 0.2) is 0 Å². The smallest absolute Gasteiger partial charge is 0.290 e. The summed E-state index contributed by atoms with van der Waals surface area (Å²) in [4.78, 5) is 47.8. The highest BCUT2D eigenvalue weighted by Crippen LogP contribution is 2.24. The molecule has 33 heavy (non-hydrogen) atoms. The van der Waals surface area contributed by atoms with E-state index in [-0.39, 0.29) is 42.6 Å². The van der Waals surface area contributed by atoms with Crippen LogP contribution in [0.1, 0.15) is 50.0 Å². The van der Waals surface area contributed by atoms with Gasteiger partial charge in [0.2, 0.25) is 17.7 Å². The molecule has 9 nitrogen and oxygen atoms in total. The van der Waals surface area contributed by atoms with E-state index in [9.17, 15) is 14.4 Å². The first-order valence-electron chi connectivity index (χ1n) is 11.6. The van der Waals surface area contributed by atoms with Crippen molar-refractivity contribution in [3.8, 4) is 0 Å². The summed E-state index contributed by atoms with van der Waals surface area (Å²) in [6.45, 7) is 2.50. The van der Waals surface area contributed by atoms with E-state index in [1.54, 1.807) is 4.90 Å². The fourth-order valence-electron chi connectivity index (χ4n) is 4.18. The Morgan fingerprint density at radius 3 is 2.36 bits per heavy atom. The second-order valence-electron chi connectivity index (χ2n) is 8.24. The first kappa shape index (κ1) is 26.3. The number of carbonyl (C=O) groups is 4. The van der Waals surface area contributed by atoms with Crippen molar-refractivity contribution in [2.45, 2.75) is 44.4 Å². The topological polar surface area (TPSA) is 125 Å². The highest BCUT2D eigenvalue weighted by molar-refractivity contribution is 5.86. The molecule has 0 aliphatic carbocycles. The molecule has 1 aromatic rings. The Balaban J connectivity index is 0.00000122. The zero-order valence-electron chi connectivity index (χ0n) is 19.0. The van der Waals surface area contributed by atoms with Gasteiger partial charge in [0.05, 0.1) is 6.54 Å². The molecule has 2 aliphatic rings. The van der Waals surface area contributed by atoms with Gasteiger partial charge in [0, 0.05) is 45.2 Å². The van der Waals surface area contributed by atoms with Gasteiger partial charge in [-0.3, -0.25) is 19.2 Å². The molecular weight excluding hydrogens is 426 g/mol. The van der Waals surface area contributed by atoms with E-state index in [2.05, 4.69) is 22.8 Å². The van der Waals surface area contributed by atoms with Gasteiger partial charge >= 0.3 is 0 Å². The van der Waals surface area contributed by atoms with Crippen molar-refractivity contribution >= 4 is 24.2 Å². The Labute approximate surface area is 194 Å². The zero-order chi connectivity index (χ0) is 23.9. The number of carboxylic acid groups (broad SMARTS) is 1. The van der Waals surface area contributed by atoms with Crippen LogP contribution in [0, 0.1) is 5.92 Å². The second-order valence-corrected chi connectivity index (χ2v) is 8.24. The van der Waals surface area contributed by atoms with E-state index in [1.165, 1.54) is 5.56 Å². The lowest BCUT2D eigenvalue weighted by molar-refractivity contribution is -0.142. The molecule has 0 radical (unpaired) electrons. The summed E-state index contributed by atoms with van der Waals surface area (Å²) in [5.41, 5.74) is 1.18. The monoisotopic (exact) mass is 461 g/mol. The Kier molecular flexibility index (Phi) is 12.0. The van der Waals surface area contributed by atoms with Gasteiger partial charge in [-0.2, -0.15) is 0 Å². The van der Waals surface area contributed by atoms with E-state index >= 15 is 0 Å². The molecule has 2 fully saturated rings. The van der Waals surface area contributed by atoms with Crippen molar-refractivity contribution in [1.29, 1.82) is 0 Å². The van der Waals surface area contributed by atoms with E-state index < -0.39 is 0 Å². The summed E-state index contributed by atoms with van der Waals surface area (Å²) in [6.07, 6.45) is 4.00. The predicted octanol–water partition coefficient (Wildman–Crippen LogP) is 1.53. The maximum atomic E-state index is 12.9. The minimum atomic E-state index is -0.250. The van der Waals surface area contributed by atoms with Crippen molar-refractivity contribution in [1.82, 2.24) is 15.5 Å². The Morgan fingerprint density at radius 1 is 1.00 bits per heavy atom. The lowest BCUT2D eigenvalue weighted by Gasteiger charge is -2.29. The molecule has 2 aliphatic heterocycles. The van der Waals surface area contributed by atoms with E-state index in [0.29, 0.717) is 58.5 Å². The normalized spacial score (nSPS) is 21.5. The van der Waals surface area contributed by atoms with Gasteiger partial charge in [-0.1, -0.05) is 30.3 Å². The van der Waals surface area contributed by atoms with E-state index in [0.717, 1.165) is 12.8 Å². The number of ether oxygens (including phenoxy) is 1. The molecule has 1 atom stereocenters. The SMILES string of the molecule is O=C1CCC(c2ccccc2)CCNC(=O)CN(C(=O)C2CCOCC2)CCCN1.O=CO. The van der Waals surface area contributed by atoms with Crippen molar-refractivity contribution in [2.75, 3.05) is 39.4 Å². The van der Waals surface area contributed by atoms with Crippen LogP contribution in [-0.2, 0) is 23.9 Å². The minimum Gasteiger partial charge on any atom is -0.483 e. The highest BCUT2D eigenvalue weighted by atomic mass is 16.5. The standard InChI is InChI=1S/C23H33N3O4.CH2O2/c27-21-8-7-19(18-5-2-1-3-6-18)9-13-25-22(28)17-26(14-4-12-24-21)23(29)20-10-15-30-16-11-20;2-1-3/h1-3,5-6,19-20H,4,7-17H2,(H,24,27)(H,25,28);1H,(H,2,3). The van der Waals surface area contributed by atoms with Gasteiger partial charge in [0.1, 0.15) is 0 Å². The summed E-state index contributed by atoms with van der Waals surface area (Å²) in [6, 6.07) is 10.1. The number of hydrogen-bond donors (Lipinski definition) is 3. The molecule has 3 N–H and O–H groups in total. The minimum absolute atomic E-state index is 0.0223. The van der Waals surface area contributed by atoms with Gasteiger partial charge in [-0.25, -0.2) is 0 Å². The van der Waals surface area contributed by atoms with Crippen molar-refractivity contribution in [3.05, 3.63) is 35.9 Å². The van der Waals surface area contributed by atoms with Gasteiger partial charge in [0.25, 0.3) is 6.47 Å². The Hall–Kier alpha value is -2.94. The van der Waals surface area contributed by atoms with Gasteiger partial charge in [-0.15, -0.1) is 0 Å². The largest absolute Gasteiger partial charge is 0.483 e. The number of rotatable bonds is 2. The molecule has 182 valence electrons. The molecule has 1 aromatic carbocycles. The fraction of sp³-hybridized carbons (Fsp3) is 0.583. The lowest BCUT2D eigenvalue weighted by Crippen LogP contribution is -2.45. The molecule has 2 saturated heterocycles. The molecule has 0 aromatic heterocycles. The maximum absolute atomic E-state index is 12.9. The summed E-state index contributed by atoms with van der Waals surface area (Å²) < 4.78 is 5.36. The van der Waals surface area contributed by atoms with Crippen molar-refractivity contribution in [2.24, 2.45) is 5.92 Å². The van der Waals surface area contributed by atoms with Crippen LogP contribution >= 0.6 is 0 Å².